The van der Waals surface area contributed by atoms with E-state index in [4.69, 9.17) is 17.0 Å². The Morgan fingerprint density at radius 3 is 2.43 bits per heavy atom. The molecular weight excluding hydrogens is 442 g/mol. The Kier molecular flexibility index (Phi) is 8.41. The zero-order valence-electron chi connectivity index (χ0n) is 15.6. The van der Waals surface area contributed by atoms with Crippen LogP contribution >= 0.6 is 28.1 Å². The van der Waals surface area contributed by atoms with E-state index in [1.807, 2.05) is 48.5 Å². The fourth-order valence-electron chi connectivity index (χ4n) is 2.28. The number of hydrogen-bond donors (Lipinski definition) is 3. The second-order valence-electron chi connectivity index (χ2n) is 6.35. The van der Waals surface area contributed by atoms with Gasteiger partial charge in [0.2, 0.25) is 5.91 Å². The monoisotopic (exact) mass is 463 g/mol. The van der Waals surface area contributed by atoms with Gasteiger partial charge in [0, 0.05) is 0 Å². The van der Waals surface area contributed by atoms with Gasteiger partial charge in [-0.15, -0.1) is 0 Å². The van der Waals surface area contributed by atoms with Gasteiger partial charge in [0.15, 0.2) is 11.7 Å². The molecule has 0 aliphatic rings. The van der Waals surface area contributed by atoms with Gasteiger partial charge in [0.05, 0.1) is 10.9 Å². The molecule has 0 atom stereocenters. The van der Waals surface area contributed by atoms with E-state index in [2.05, 4.69) is 45.9 Å². The van der Waals surface area contributed by atoms with Gasteiger partial charge in [-0.2, -0.15) is 0 Å². The van der Waals surface area contributed by atoms with Crippen LogP contribution in [0.5, 0.6) is 5.75 Å². The first kappa shape index (κ1) is 21.8. The van der Waals surface area contributed by atoms with Crippen molar-refractivity contribution >= 4 is 45.1 Å². The first-order valence-corrected chi connectivity index (χ1v) is 9.90. The molecule has 0 aliphatic carbocycles. The van der Waals surface area contributed by atoms with Crippen molar-refractivity contribution in [3.05, 3.63) is 64.1 Å². The molecule has 0 heterocycles. The van der Waals surface area contributed by atoms with Crippen LogP contribution in [0.3, 0.4) is 0 Å². The van der Waals surface area contributed by atoms with Crippen LogP contribution in [0, 0.1) is 0 Å². The molecule has 3 N–H and O–H groups in total. The van der Waals surface area contributed by atoms with Crippen LogP contribution in [0.4, 0.5) is 0 Å². The normalized spacial score (nSPS) is 10.3. The van der Waals surface area contributed by atoms with Crippen molar-refractivity contribution in [2.75, 3.05) is 6.61 Å². The molecule has 28 heavy (non-hydrogen) atoms. The molecule has 2 amide bonds. The van der Waals surface area contributed by atoms with Gasteiger partial charge in [-0.3, -0.25) is 20.4 Å². The van der Waals surface area contributed by atoms with Gasteiger partial charge in [-0.1, -0.05) is 50.2 Å². The zero-order valence-corrected chi connectivity index (χ0v) is 18.0. The third kappa shape index (κ3) is 7.28. The summed E-state index contributed by atoms with van der Waals surface area (Å²) in [5.41, 5.74) is 6.91. The molecule has 0 fully saturated rings. The lowest BCUT2D eigenvalue weighted by Gasteiger charge is -2.13. The minimum atomic E-state index is -0.431. The standard InChI is InChI=1S/C20H22BrN3O3S/c1-13(2)15-8-9-17(16(21)11-15)27-12-19(26)23-24-20(28)22-18(25)10-14-6-4-3-5-7-14/h3-9,11,13H,10,12H2,1-2H3,(H,23,26)(H2,22,24,25,28). The highest BCUT2D eigenvalue weighted by molar-refractivity contribution is 9.10. The predicted octanol–water partition coefficient (Wildman–Crippen LogP) is 3.22. The van der Waals surface area contributed by atoms with Crippen molar-refractivity contribution in [2.24, 2.45) is 0 Å². The number of amides is 2. The van der Waals surface area contributed by atoms with Crippen molar-refractivity contribution in [3.63, 3.8) is 0 Å². The zero-order chi connectivity index (χ0) is 20.5. The summed E-state index contributed by atoms with van der Waals surface area (Å²) in [6, 6.07) is 15.0. The Hall–Kier alpha value is -2.45. The molecule has 0 unspecified atom stereocenters. The molecule has 2 aromatic carbocycles. The molecular formula is C20H22BrN3O3S. The topological polar surface area (TPSA) is 79.5 Å². The lowest BCUT2D eigenvalue weighted by molar-refractivity contribution is -0.124. The molecule has 8 heteroatoms. The Balaban J connectivity index is 1.72. The van der Waals surface area contributed by atoms with E-state index in [9.17, 15) is 9.59 Å². The van der Waals surface area contributed by atoms with Crippen molar-refractivity contribution in [1.29, 1.82) is 0 Å². The maximum atomic E-state index is 11.9. The molecule has 0 spiro atoms. The van der Waals surface area contributed by atoms with E-state index in [1.165, 1.54) is 5.56 Å². The number of ether oxygens (including phenoxy) is 1. The number of hydrogen-bond acceptors (Lipinski definition) is 4. The molecule has 2 aromatic rings. The molecule has 148 valence electrons. The number of nitrogens with one attached hydrogen (secondary N) is 3. The number of rotatable bonds is 6. The van der Waals surface area contributed by atoms with Gasteiger partial charge >= 0.3 is 0 Å². The number of carbonyl (C=O) groups is 2. The van der Waals surface area contributed by atoms with Crippen LogP contribution in [-0.2, 0) is 16.0 Å². The van der Waals surface area contributed by atoms with Crippen molar-refractivity contribution in [2.45, 2.75) is 26.2 Å². The maximum absolute atomic E-state index is 11.9. The number of carbonyl (C=O) groups excluding carboxylic acids is 2. The summed E-state index contributed by atoms with van der Waals surface area (Å²) >= 11 is 8.44. The molecule has 2 rings (SSSR count). The molecule has 0 aliphatic heterocycles. The lowest BCUT2D eigenvalue weighted by Crippen LogP contribution is -2.49. The lowest BCUT2D eigenvalue weighted by atomic mass is 10.0. The third-order valence-corrected chi connectivity index (χ3v) is 4.58. The van der Waals surface area contributed by atoms with E-state index in [0.717, 1.165) is 10.0 Å². The first-order chi connectivity index (χ1) is 13.3. The summed E-state index contributed by atoms with van der Waals surface area (Å²) in [4.78, 5) is 23.8. The van der Waals surface area contributed by atoms with Crippen molar-refractivity contribution < 1.29 is 14.3 Å². The Morgan fingerprint density at radius 2 is 1.79 bits per heavy atom. The Morgan fingerprint density at radius 1 is 1.07 bits per heavy atom. The van der Waals surface area contributed by atoms with Crippen molar-refractivity contribution in [1.82, 2.24) is 16.2 Å². The summed E-state index contributed by atoms with van der Waals surface area (Å²) in [6.45, 7) is 4.00. The van der Waals surface area contributed by atoms with E-state index in [1.54, 1.807) is 0 Å². The van der Waals surface area contributed by atoms with Gasteiger partial charge in [0.1, 0.15) is 5.75 Å². The van der Waals surface area contributed by atoms with E-state index < -0.39 is 5.91 Å². The highest BCUT2D eigenvalue weighted by Crippen LogP contribution is 2.28. The van der Waals surface area contributed by atoms with Gasteiger partial charge in [-0.25, -0.2) is 0 Å². The Labute approximate surface area is 178 Å². The van der Waals surface area contributed by atoms with Crippen LogP contribution in [0.25, 0.3) is 0 Å². The molecule has 0 saturated heterocycles. The van der Waals surface area contributed by atoms with Crippen molar-refractivity contribution in [3.8, 4) is 5.75 Å². The smallest absolute Gasteiger partial charge is 0.276 e. The number of thiocarbonyl (C=S) groups is 1. The van der Waals surface area contributed by atoms with Crippen LogP contribution in [0.2, 0.25) is 0 Å². The SMILES string of the molecule is CC(C)c1ccc(OCC(=O)NNC(=S)NC(=O)Cc2ccccc2)c(Br)c1. The Bertz CT molecular complexity index is 844. The van der Waals surface area contributed by atoms with Crippen LogP contribution in [-0.4, -0.2) is 23.5 Å². The van der Waals surface area contributed by atoms with Gasteiger partial charge in [0.25, 0.3) is 5.91 Å². The van der Waals surface area contributed by atoms with Crippen LogP contribution < -0.4 is 20.9 Å². The second kappa shape index (κ2) is 10.8. The second-order valence-corrected chi connectivity index (χ2v) is 7.61. The number of benzene rings is 2. The average molecular weight is 464 g/mol. The highest BCUT2D eigenvalue weighted by Gasteiger charge is 2.09. The molecule has 0 bridgehead atoms. The minimum Gasteiger partial charge on any atom is -0.483 e. The number of halogens is 1. The van der Waals surface area contributed by atoms with Crippen LogP contribution in [0.15, 0.2) is 53.0 Å². The largest absolute Gasteiger partial charge is 0.483 e. The molecule has 6 nitrogen and oxygen atoms in total. The fourth-order valence-corrected chi connectivity index (χ4v) is 2.96. The summed E-state index contributed by atoms with van der Waals surface area (Å²) < 4.78 is 6.28. The van der Waals surface area contributed by atoms with E-state index in [0.29, 0.717) is 11.7 Å². The molecule has 0 saturated carbocycles. The highest BCUT2D eigenvalue weighted by atomic mass is 79.9. The summed E-state index contributed by atoms with van der Waals surface area (Å²) in [5.74, 6) is 0.261. The number of hydrazine groups is 1. The van der Waals surface area contributed by atoms with E-state index >= 15 is 0 Å². The molecule has 0 aromatic heterocycles. The predicted molar refractivity (Wildman–Crippen MR) is 116 cm³/mol. The van der Waals surface area contributed by atoms with Gasteiger partial charge < -0.3 is 10.1 Å². The van der Waals surface area contributed by atoms with Crippen LogP contribution in [0.1, 0.15) is 30.9 Å². The summed E-state index contributed by atoms with van der Waals surface area (Å²) in [7, 11) is 0. The average Bonchev–Trinajstić information content (AvgIpc) is 2.66. The summed E-state index contributed by atoms with van der Waals surface area (Å²) in [6.07, 6.45) is 0.195. The fraction of sp³-hybridized carbons (Fsp3) is 0.250. The first-order valence-electron chi connectivity index (χ1n) is 8.70. The van der Waals surface area contributed by atoms with E-state index in [-0.39, 0.29) is 24.0 Å². The third-order valence-electron chi connectivity index (χ3n) is 3.76. The quantitative estimate of drug-likeness (QED) is 0.452. The minimum absolute atomic E-state index is 0.0109. The molecule has 0 radical (unpaired) electrons. The maximum Gasteiger partial charge on any atom is 0.276 e. The summed E-state index contributed by atoms with van der Waals surface area (Å²) in [5, 5.41) is 2.51. The van der Waals surface area contributed by atoms with Gasteiger partial charge in [-0.05, 0) is 57.3 Å².